The minimum Gasteiger partial charge on any atom is -0.300 e. The molecule has 1 aromatic heterocycles. The van der Waals surface area contributed by atoms with Gasteiger partial charge in [-0.25, -0.2) is 13.4 Å². The van der Waals surface area contributed by atoms with Crippen molar-refractivity contribution in [1.29, 1.82) is 0 Å². The van der Waals surface area contributed by atoms with E-state index in [2.05, 4.69) is 10.3 Å². The molecule has 1 N–H and O–H groups in total. The molecule has 3 aromatic rings. The molecule has 0 saturated carbocycles. The first-order chi connectivity index (χ1) is 18.8. The molecule has 3 amide bonds. The van der Waals surface area contributed by atoms with Crippen molar-refractivity contribution < 1.29 is 22.8 Å². The van der Waals surface area contributed by atoms with Gasteiger partial charge in [-0.1, -0.05) is 65.0 Å². The Morgan fingerprint density at radius 1 is 0.925 bits per heavy atom. The number of benzene rings is 2. The number of imide groups is 1. The van der Waals surface area contributed by atoms with Crippen LogP contribution in [0.25, 0.3) is 10.2 Å². The monoisotopic (exact) mass is 584 g/mol. The van der Waals surface area contributed by atoms with Gasteiger partial charge in [-0.15, -0.1) is 0 Å². The van der Waals surface area contributed by atoms with Gasteiger partial charge in [0.05, 0.1) is 26.2 Å². The molecule has 0 spiro atoms. The van der Waals surface area contributed by atoms with Gasteiger partial charge in [0.2, 0.25) is 15.9 Å². The first-order valence-corrected chi connectivity index (χ1v) is 15.7. The van der Waals surface area contributed by atoms with Crippen LogP contribution < -0.4 is 5.32 Å². The number of thiazole rings is 1. The van der Waals surface area contributed by atoms with Crippen LogP contribution in [0.5, 0.6) is 0 Å². The number of rotatable bonds is 11. The van der Waals surface area contributed by atoms with Crippen molar-refractivity contribution in [3.05, 3.63) is 53.6 Å². The molecule has 1 unspecified atom stereocenters. The molecule has 1 aliphatic heterocycles. The number of anilines is 1. The Bertz CT molecular complexity index is 1500. The zero-order valence-corrected chi connectivity index (χ0v) is 25.3. The van der Waals surface area contributed by atoms with Crippen molar-refractivity contribution in [1.82, 2.24) is 14.2 Å². The first kappa shape index (κ1) is 29.8. The molecule has 40 heavy (non-hydrogen) atoms. The molecule has 0 aliphatic carbocycles. The van der Waals surface area contributed by atoms with Crippen LogP contribution in [-0.2, 0) is 14.8 Å². The second-order valence-corrected chi connectivity index (χ2v) is 14.4. The van der Waals surface area contributed by atoms with Crippen LogP contribution in [0.1, 0.15) is 68.7 Å². The Labute approximate surface area is 239 Å². The maximum absolute atomic E-state index is 13.5. The molecule has 2 aromatic carbocycles. The van der Waals surface area contributed by atoms with Crippen molar-refractivity contribution in [3.8, 4) is 0 Å². The molecule has 0 bridgehead atoms. The molecular weight excluding hydrogens is 548 g/mol. The quantitative estimate of drug-likeness (QED) is 0.308. The predicted molar refractivity (Wildman–Crippen MR) is 157 cm³/mol. The van der Waals surface area contributed by atoms with Crippen LogP contribution in [0.4, 0.5) is 5.13 Å². The normalized spacial score (nSPS) is 14.7. The zero-order chi connectivity index (χ0) is 29.4. The average Bonchev–Trinajstić information content (AvgIpc) is 3.38. The predicted octanol–water partition coefficient (Wildman–Crippen LogP) is 5.25. The highest BCUT2D eigenvalue weighted by Crippen LogP contribution is 2.32. The fraction of sp³-hybridized carbons (Fsp3) is 0.448. The molecule has 0 saturated heterocycles. The van der Waals surface area contributed by atoms with E-state index >= 15 is 0 Å². The molecule has 0 fully saturated rings. The summed E-state index contributed by atoms with van der Waals surface area (Å²) in [5.74, 6) is -1.13. The lowest BCUT2D eigenvalue weighted by atomic mass is 10.0. The first-order valence-electron chi connectivity index (χ1n) is 13.5. The number of hydrogen-bond acceptors (Lipinski definition) is 7. The van der Waals surface area contributed by atoms with E-state index in [1.54, 1.807) is 36.4 Å². The van der Waals surface area contributed by atoms with Crippen molar-refractivity contribution >= 4 is 54.4 Å². The number of carbonyl (C=O) groups is 3. The summed E-state index contributed by atoms with van der Waals surface area (Å²) in [6.45, 7) is 12.6. The maximum Gasteiger partial charge on any atom is 0.262 e. The molecule has 0 radical (unpaired) electrons. The van der Waals surface area contributed by atoms with E-state index in [-0.39, 0.29) is 45.3 Å². The number of nitrogens with one attached hydrogen (secondary N) is 1. The van der Waals surface area contributed by atoms with Crippen LogP contribution in [0.2, 0.25) is 0 Å². The van der Waals surface area contributed by atoms with Crippen molar-refractivity contribution in [2.75, 3.05) is 18.4 Å². The van der Waals surface area contributed by atoms with Gasteiger partial charge < -0.3 is 5.32 Å². The third kappa shape index (κ3) is 6.11. The van der Waals surface area contributed by atoms with Crippen molar-refractivity contribution in [3.63, 3.8) is 0 Å². The van der Waals surface area contributed by atoms with E-state index in [0.717, 1.165) is 16.2 Å². The van der Waals surface area contributed by atoms with Crippen molar-refractivity contribution in [2.45, 2.75) is 58.9 Å². The van der Waals surface area contributed by atoms with Crippen LogP contribution in [0.15, 0.2) is 47.4 Å². The van der Waals surface area contributed by atoms with Crippen LogP contribution >= 0.6 is 11.3 Å². The third-order valence-corrected chi connectivity index (χ3v) is 9.26. The fourth-order valence-electron chi connectivity index (χ4n) is 4.81. The Balaban J connectivity index is 1.60. The summed E-state index contributed by atoms with van der Waals surface area (Å²) in [5.41, 5.74) is 1.11. The van der Waals surface area contributed by atoms with E-state index in [1.165, 1.54) is 10.4 Å². The molecule has 214 valence electrons. The van der Waals surface area contributed by atoms with Gasteiger partial charge in [-0.2, -0.15) is 4.31 Å². The summed E-state index contributed by atoms with van der Waals surface area (Å²) in [6.07, 6.45) is 0.284. The third-order valence-electron chi connectivity index (χ3n) is 6.50. The average molecular weight is 585 g/mol. The fourth-order valence-corrected chi connectivity index (χ4v) is 7.59. The summed E-state index contributed by atoms with van der Waals surface area (Å²) in [4.78, 5) is 45.4. The number of hydrogen-bond donors (Lipinski definition) is 1. The number of sulfonamides is 1. The largest absolute Gasteiger partial charge is 0.300 e. The molecule has 2 heterocycles. The number of fused-ring (bicyclic) bond motifs is 2. The number of carbonyl (C=O) groups excluding carboxylic acids is 3. The van der Waals surface area contributed by atoms with Gasteiger partial charge in [0.25, 0.3) is 11.8 Å². The number of amides is 3. The Morgan fingerprint density at radius 3 is 2.02 bits per heavy atom. The second kappa shape index (κ2) is 11.8. The van der Waals surface area contributed by atoms with Gasteiger partial charge in [0.1, 0.15) is 6.04 Å². The van der Waals surface area contributed by atoms with Crippen LogP contribution in [0.3, 0.4) is 0 Å². The van der Waals surface area contributed by atoms with Gasteiger partial charge in [0, 0.05) is 13.1 Å². The standard InChI is InChI=1S/C29H36N4O5S2/c1-17(2)13-24(33-27(35)21-9-7-8-10-22(21)28(33)36)26(34)31-29-30-23-12-11-20(14-25(23)39-29)40(37,38)32(15-18(3)4)16-19(5)6/h7-12,14,17-19,24H,13,15-16H2,1-6H3,(H,30,31,34). The molecule has 1 atom stereocenters. The van der Waals surface area contributed by atoms with E-state index in [1.807, 2.05) is 41.5 Å². The highest BCUT2D eigenvalue weighted by molar-refractivity contribution is 7.89. The molecule has 9 nitrogen and oxygen atoms in total. The minimum atomic E-state index is -3.73. The topological polar surface area (TPSA) is 117 Å². The highest BCUT2D eigenvalue weighted by Gasteiger charge is 2.43. The van der Waals surface area contributed by atoms with E-state index < -0.39 is 33.8 Å². The lowest BCUT2D eigenvalue weighted by Gasteiger charge is -2.26. The highest BCUT2D eigenvalue weighted by atomic mass is 32.2. The van der Waals surface area contributed by atoms with E-state index in [4.69, 9.17) is 0 Å². The lowest BCUT2D eigenvalue weighted by Crippen LogP contribution is -2.47. The summed E-state index contributed by atoms with van der Waals surface area (Å²) in [6, 6.07) is 10.3. The Morgan fingerprint density at radius 2 is 1.50 bits per heavy atom. The summed E-state index contributed by atoms with van der Waals surface area (Å²) in [5, 5.41) is 3.04. The van der Waals surface area contributed by atoms with Crippen molar-refractivity contribution in [2.24, 2.45) is 17.8 Å². The lowest BCUT2D eigenvalue weighted by molar-refractivity contribution is -0.120. The van der Waals surface area contributed by atoms with Gasteiger partial charge in [-0.05, 0) is 54.5 Å². The smallest absolute Gasteiger partial charge is 0.262 e. The van der Waals surface area contributed by atoms with E-state index in [9.17, 15) is 22.8 Å². The van der Waals surface area contributed by atoms with Gasteiger partial charge in [0.15, 0.2) is 5.13 Å². The summed E-state index contributed by atoms with van der Waals surface area (Å²) >= 11 is 1.15. The minimum absolute atomic E-state index is 0.0304. The molecular formula is C29H36N4O5S2. The van der Waals surface area contributed by atoms with E-state index in [0.29, 0.717) is 23.3 Å². The maximum atomic E-state index is 13.5. The van der Waals surface area contributed by atoms with Crippen LogP contribution in [0, 0.1) is 17.8 Å². The summed E-state index contributed by atoms with van der Waals surface area (Å²) in [7, 11) is -3.73. The second-order valence-electron chi connectivity index (χ2n) is 11.4. The Hall–Kier alpha value is -3.15. The summed E-state index contributed by atoms with van der Waals surface area (Å²) < 4.78 is 29.1. The van der Waals surface area contributed by atoms with Crippen LogP contribution in [-0.4, -0.2) is 59.5 Å². The van der Waals surface area contributed by atoms with Gasteiger partial charge in [-0.3, -0.25) is 19.3 Å². The molecule has 4 rings (SSSR count). The zero-order valence-electron chi connectivity index (χ0n) is 23.7. The SMILES string of the molecule is CC(C)CC(C(=O)Nc1nc2ccc(S(=O)(=O)N(CC(C)C)CC(C)C)cc2s1)N1C(=O)c2ccccc2C1=O. The molecule has 11 heteroatoms. The Kier molecular flexibility index (Phi) is 8.77. The number of aromatic nitrogens is 1. The molecule has 1 aliphatic rings. The van der Waals surface area contributed by atoms with Gasteiger partial charge >= 0.3 is 0 Å². The number of nitrogens with zero attached hydrogens (tertiary/aromatic N) is 3.